The zero-order valence-electron chi connectivity index (χ0n) is 11.7. The second kappa shape index (κ2) is 7.27. The van der Waals surface area contributed by atoms with E-state index in [2.05, 4.69) is 38.7 Å². The van der Waals surface area contributed by atoms with Crippen LogP contribution in [0.3, 0.4) is 0 Å². The Kier molecular flexibility index (Phi) is 5.67. The van der Waals surface area contributed by atoms with Crippen LogP contribution >= 0.6 is 15.9 Å². The minimum absolute atomic E-state index is 0.422. The first-order valence-electron chi connectivity index (χ1n) is 6.96. The molecule has 1 atom stereocenters. The molecule has 3 nitrogen and oxygen atoms in total. The van der Waals surface area contributed by atoms with E-state index in [4.69, 9.17) is 4.74 Å². The Bertz CT molecular complexity index is 405. The van der Waals surface area contributed by atoms with Gasteiger partial charge in [-0.15, -0.1) is 0 Å². The normalized spacial score (nSPS) is 18.3. The number of rotatable bonds is 5. The average molecular weight is 327 g/mol. The lowest BCUT2D eigenvalue weighted by Crippen LogP contribution is -2.30. The van der Waals surface area contributed by atoms with Crippen molar-refractivity contribution in [3.63, 3.8) is 0 Å². The molecule has 2 N–H and O–H groups in total. The molecule has 0 amide bonds. The third-order valence-corrected chi connectivity index (χ3v) is 4.57. The average Bonchev–Trinajstić information content (AvgIpc) is 2.46. The van der Waals surface area contributed by atoms with E-state index in [0.29, 0.717) is 6.04 Å². The van der Waals surface area contributed by atoms with E-state index in [9.17, 15) is 0 Å². The Balaban J connectivity index is 2.05. The van der Waals surface area contributed by atoms with Crippen molar-refractivity contribution < 1.29 is 4.74 Å². The van der Waals surface area contributed by atoms with E-state index in [0.717, 1.165) is 29.2 Å². The first kappa shape index (κ1) is 14.8. The Labute approximate surface area is 124 Å². The van der Waals surface area contributed by atoms with Gasteiger partial charge in [0.25, 0.3) is 0 Å². The molecule has 0 aliphatic carbocycles. The van der Waals surface area contributed by atoms with E-state index in [1.54, 1.807) is 7.11 Å². The van der Waals surface area contributed by atoms with Crippen LogP contribution in [0.5, 0.6) is 5.75 Å². The lowest BCUT2D eigenvalue weighted by atomic mass is 9.88. The Morgan fingerprint density at radius 2 is 2.16 bits per heavy atom. The molecule has 0 radical (unpaired) electrons. The number of methoxy groups -OCH3 is 1. The Hall–Kier alpha value is -0.580. The van der Waals surface area contributed by atoms with Gasteiger partial charge in [0.1, 0.15) is 5.75 Å². The molecule has 106 valence electrons. The summed E-state index contributed by atoms with van der Waals surface area (Å²) in [7, 11) is 3.74. The summed E-state index contributed by atoms with van der Waals surface area (Å²) in [5, 5.41) is 6.87. The fourth-order valence-electron chi connectivity index (χ4n) is 2.77. The summed E-state index contributed by atoms with van der Waals surface area (Å²) in [6.45, 7) is 2.32. The summed E-state index contributed by atoms with van der Waals surface area (Å²) in [6, 6.07) is 6.78. The third kappa shape index (κ3) is 3.94. The standard InChI is InChI=1S/C15H23BrN2O/c1-17-14(9-11-5-7-18-8-6-11)12-3-4-15(19-2)13(16)10-12/h3-4,10-11,14,17-18H,5-9H2,1-2H3. The molecule has 1 unspecified atom stereocenters. The number of nitrogens with one attached hydrogen (secondary N) is 2. The molecule has 0 spiro atoms. The number of benzene rings is 1. The lowest BCUT2D eigenvalue weighted by Gasteiger charge is -2.27. The van der Waals surface area contributed by atoms with Gasteiger partial charge in [-0.2, -0.15) is 0 Å². The molecule has 1 aliphatic heterocycles. The summed E-state index contributed by atoms with van der Waals surface area (Å²) in [6.07, 6.45) is 3.78. The van der Waals surface area contributed by atoms with Gasteiger partial charge in [-0.25, -0.2) is 0 Å². The number of hydrogen-bond donors (Lipinski definition) is 2. The second-order valence-electron chi connectivity index (χ2n) is 5.16. The van der Waals surface area contributed by atoms with E-state index in [1.807, 2.05) is 13.1 Å². The molecule has 2 rings (SSSR count). The van der Waals surface area contributed by atoms with Crippen LogP contribution in [-0.2, 0) is 0 Å². The van der Waals surface area contributed by atoms with Crippen molar-refractivity contribution in [3.05, 3.63) is 28.2 Å². The molecule has 1 fully saturated rings. The van der Waals surface area contributed by atoms with Crippen LogP contribution in [0.25, 0.3) is 0 Å². The molecule has 1 aromatic carbocycles. The van der Waals surface area contributed by atoms with Crippen molar-refractivity contribution in [2.45, 2.75) is 25.3 Å². The highest BCUT2D eigenvalue weighted by Crippen LogP contribution is 2.31. The SMILES string of the molecule is CNC(CC1CCNCC1)c1ccc(OC)c(Br)c1. The monoisotopic (exact) mass is 326 g/mol. The molecule has 1 aromatic rings. The van der Waals surface area contributed by atoms with Crippen LogP contribution in [0, 0.1) is 5.92 Å². The van der Waals surface area contributed by atoms with E-state index >= 15 is 0 Å². The van der Waals surface area contributed by atoms with Gasteiger partial charge in [-0.05, 0) is 78.9 Å². The summed E-state index contributed by atoms with van der Waals surface area (Å²) >= 11 is 3.57. The van der Waals surface area contributed by atoms with Crippen molar-refractivity contribution in [1.82, 2.24) is 10.6 Å². The predicted molar refractivity (Wildman–Crippen MR) is 82.7 cm³/mol. The zero-order chi connectivity index (χ0) is 13.7. The topological polar surface area (TPSA) is 33.3 Å². The van der Waals surface area contributed by atoms with E-state index in [1.165, 1.54) is 24.8 Å². The summed E-state index contributed by atoms with van der Waals surface area (Å²) in [5.41, 5.74) is 1.33. The third-order valence-electron chi connectivity index (χ3n) is 3.95. The first-order valence-corrected chi connectivity index (χ1v) is 7.75. The summed E-state index contributed by atoms with van der Waals surface area (Å²) in [5.74, 6) is 1.71. The molecule has 0 aromatic heterocycles. The van der Waals surface area contributed by atoms with Gasteiger partial charge in [-0.3, -0.25) is 0 Å². The maximum absolute atomic E-state index is 5.29. The van der Waals surface area contributed by atoms with Crippen molar-refractivity contribution in [3.8, 4) is 5.75 Å². The van der Waals surface area contributed by atoms with Crippen LogP contribution in [0.1, 0.15) is 30.9 Å². The maximum Gasteiger partial charge on any atom is 0.133 e. The lowest BCUT2D eigenvalue weighted by molar-refractivity contribution is 0.318. The molecular weight excluding hydrogens is 304 g/mol. The van der Waals surface area contributed by atoms with E-state index in [-0.39, 0.29) is 0 Å². The predicted octanol–water partition coefficient (Wildman–Crippen LogP) is 3.11. The van der Waals surface area contributed by atoms with Gasteiger partial charge in [0, 0.05) is 6.04 Å². The quantitative estimate of drug-likeness (QED) is 0.872. The molecule has 1 aliphatic rings. The molecular formula is C15H23BrN2O. The zero-order valence-corrected chi connectivity index (χ0v) is 13.3. The molecule has 0 bridgehead atoms. The Morgan fingerprint density at radius 1 is 1.42 bits per heavy atom. The Morgan fingerprint density at radius 3 is 2.74 bits per heavy atom. The van der Waals surface area contributed by atoms with E-state index < -0.39 is 0 Å². The van der Waals surface area contributed by atoms with Gasteiger partial charge in [0.05, 0.1) is 11.6 Å². The number of ether oxygens (including phenoxy) is 1. The molecule has 4 heteroatoms. The fraction of sp³-hybridized carbons (Fsp3) is 0.600. The van der Waals surface area contributed by atoms with Crippen LogP contribution in [0.15, 0.2) is 22.7 Å². The number of halogens is 1. The molecule has 19 heavy (non-hydrogen) atoms. The minimum Gasteiger partial charge on any atom is -0.496 e. The number of piperidine rings is 1. The highest BCUT2D eigenvalue weighted by atomic mass is 79.9. The van der Waals surface area contributed by atoms with Gasteiger partial charge in [0.2, 0.25) is 0 Å². The second-order valence-corrected chi connectivity index (χ2v) is 6.02. The minimum atomic E-state index is 0.422. The van der Waals surface area contributed by atoms with Gasteiger partial charge < -0.3 is 15.4 Å². The van der Waals surface area contributed by atoms with Crippen molar-refractivity contribution in [2.24, 2.45) is 5.92 Å². The van der Waals surface area contributed by atoms with Crippen LogP contribution in [-0.4, -0.2) is 27.2 Å². The van der Waals surface area contributed by atoms with Gasteiger partial charge >= 0.3 is 0 Å². The summed E-state index contributed by atoms with van der Waals surface area (Å²) < 4.78 is 6.31. The largest absolute Gasteiger partial charge is 0.496 e. The smallest absolute Gasteiger partial charge is 0.133 e. The van der Waals surface area contributed by atoms with Crippen LogP contribution in [0.4, 0.5) is 0 Å². The first-order chi connectivity index (χ1) is 9.24. The van der Waals surface area contributed by atoms with Crippen LogP contribution < -0.4 is 15.4 Å². The summed E-state index contributed by atoms with van der Waals surface area (Å²) in [4.78, 5) is 0. The number of hydrogen-bond acceptors (Lipinski definition) is 3. The van der Waals surface area contributed by atoms with Crippen molar-refractivity contribution >= 4 is 15.9 Å². The highest BCUT2D eigenvalue weighted by molar-refractivity contribution is 9.10. The van der Waals surface area contributed by atoms with Crippen LogP contribution in [0.2, 0.25) is 0 Å². The maximum atomic E-state index is 5.29. The highest BCUT2D eigenvalue weighted by Gasteiger charge is 2.19. The molecule has 1 saturated heterocycles. The van der Waals surface area contributed by atoms with Gasteiger partial charge in [-0.1, -0.05) is 6.07 Å². The van der Waals surface area contributed by atoms with Crippen molar-refractivity contribution in [1.29, 1.82) is 0 Å². The molecule has 0 saturated carbocycles. The van der Waals surface area contributed by atoms with Gasteiger partial charge in [0.15, 0.2) is 0 Å². The molecule has 1 heterocycles. The fourth-order valence-corrected chi connectivity index (χ4v) is 3.33. The van der Waals surface area contributed by atoms with Crippen molar-refractivity contribution in [2.75, 3.05) is 27.2 Å².